The van der Waals surface area contributed by atoms with E-state index in [1.165, 1.54) is 11.3 Å². The number of likely N-dealkylation sites (N-methyl/N-ethyl adjacent to an activating group) is 1. The van der Waals surface area contributed by atoms with Crippen molar-refractivity contribution in [3.63, 3.8) is 0 Å². The van der Waals surface area contributed by atoms with E-state index < -0.39 is 11.9 Å². The summed E-state index contributed by atoms with van der Waals surface area (Å²) in [6.45, 7) is 4.62. The normalized spacial score (nSPS) is 13.5. The molecule has 26 heavy (non-hydrogen) atoms. The minimum atomic E-state index is -0.516. The van der Waals surface area contributed by atoms with Crippen LogP contribution in [0.4, 0.5) is 15.5 Å². The molecule has 0 spiro atoms. The minimum Gasteiger partial charge on any atom is -0.365 e. The number of nitrogens with two attached hydrogens (primary N) is 1. The second kappa shape index (κ2) is 8.73. The van der Waals surface area contributed by atoms with Crippen LogP contribution in [0.2, 0.25) is 5.02 Å². The maximum Gasteiger partial charge on any atom is 0.324 e. The Morgan fingerprint density at radius 3 is 2.58 bits per heavy atom. The van der Waals surface area contributed by atoms with Crippen molar-refractivity contribution < 1.29 is 9.59 Å². The lowest BCUT2D eigenvalue weighted by Crippen LogP contribution is -2.31. The van der Waals surface area contributed by atoms with Crippen LogP contribution in [-0.2, 0) is 13.0 Å². The summed E-state index contributed by atoms with van der Waals surface area (Å²) in [5.74, 6) is -0.516. The van der Waals surface area contributed by atoms with E-state index >= 15 is 0 Å². The van der Waals surface area contributed by atoms with Crippen molar-refractivity contribution in [2.45, 2.75) is 19.9 Å². The van der Waals surface area contributed by atoms with Gasteiger partial charge in [0.2, 0.25) is 0 Å². The standard InChI is InChI=1S/C17H19ClN4O2S.ClH/c1-2-22-8-7-13-12(9-22)14(15(19)23)16(25-13)21-17(24)20-11-5-3-10(18)4-6-11;/h3-6H,2,7-9H2,1H3,(H2,19,23)(H2,20,21,24);1H. The van der Waals surface area contributed by atoms with Gasteiger partial charge in [0.25, 0.3) is 5.91 Å². The van der Waals surface area contributed by atoms with Crippen molar-refractivity contribution in [3.8, 4) is 0 Å². The van der Waals surface area contributed by atoms with Crippen molar-refractivity contribution in [3.05, 3.63) is 45.3 Å². The molecule has 0 unspecified atom stereocenters. The molecule has 3 amide bonds. The molecule has 1 aliphatic heterocycles. The van der Waals surface area contributed by atoms with Crippen LogP contribution in [0.25, 0.3) is 0 Å². The lowest BCUT2D eigenvalue weighted by molar-refractivity contribution is 0.0999. The number of benzene rings is 1. The Morgan fingerprint density at radius 2 is 1.96 bits per heavy atom. The maximum atomic E-state index is 12.3. The molecule has 3 rings (SSSR count). The molecule has 2 heterocycles. The van der Waals surface area contributed by atoms with Crippen LogP contribution >= 0.6 is 35.3 Å². The second-order valence-electron chi connectivity index (χ2n) is 5.78. The molecular formula is C17H20Cl2N4O2S. The van der Waals surface area contributed by atoms with Gasteiger partial charge in [-0.1, -0.05) is 18.5 Å². The highest BCUT2D eigenvalue weighted by molar-refractivity contribution is 7.17. The van der Waals surface area contributed by atoms with Gasteiger partial charge in [0, 0.05) is 28.7 Å². The number of halogens is 2. The lowest BCUT2D eigenvalue weighted by Gasteiger charge is -2.25. The predicted octanol–water partition coefficient (Wildman–Crippen LogP) is 3.94. The number of nitrogens with zero attached hydrogens (tertiary/aromatic N) is 1. The fourth-order valence-electron chi connectivity index (χ4n) is 2.86. The summed E-state index contributed by atoms with van der Waals surface area (Å²) in [7, 11) is 0. The zero-order chi connectivity index (χ0) is 18.0. The van der Waals surface area contributed by atoms with Gasteiger partial charge < -0.3 is 11.1 Å². The highest BCUT2D eigenvalue weighted by atomic mass is 35.5. The molecule has 2 aromatic rings. The smallest absolute Gasteiger partial charge is 0.324 e. The fourth-order valence-corrected chi connectivity index (χ4v) is 4.19. The molecule has 0 radical (unpaired) electrons. The number of carbonyl (C=O) groups is 2. The third-order valence-electron chi connectivity index (χ3n) is 4.15. The average Bonchev–Trinajstić information content (AvgIpc) is 2.93. The molecule has 1 aliphatic rings. The third-order valence-corrected chi connectivity index (χ3v) is 5.61. The largest absolute Gasteiger partial charge is 0.365 e. The number of urea groups is 1. The summed E-state index contributed by atoms with van der Waals surface area (Å²) in [6, 6.07) is 6.37. The van der Waals surface area contributed by atoms with Crippen LogP contribution in [0.15, 0.2) is 24.3 Å². The van der Waals surface area contributed by atoms with Crippen LogP contribution in [0.3, 0.4) is 0 Å². The first-order valence-electron chi connectivity index (χ1n) is 7.98. The fraction of sp³-hybridized carbons (Fsp3) is 0.294. The molecule has 1 aromatic carbocycles. The van der Waals surface area contributed by atoms with E-state index in [4.69, 9.17) is 17.3 Å². The van der Waals surface area contributed by atoms with Crippen molar-refractivity contribution in [2.75, 3.05) is 23.7 Å². The molecule has 0 fully saturated rings. The van der Waals surface area contributed by atoms with Crippen molar-refractivity contribution >= 4 is 58.0 Å². The predicted molar refractivity (Wildman–Crippen MR) is 109 cm³/mol. The van der Waals surface area contributed by atoms with Crippen LogP contribution < -0.4 is 16.4 Å². The van der Waals surface area contributed by atoms with E-state index in [9.17, 15) is 9.59 Å². The number of anilines is 2. The molecule has 0 atom stereocenters. The van der Waals surface area contributed by atoms with Gasteiger partial charge in [0.1, 0.15) is 5.00 Å². The summed E-state index contributed by atoms with van der Waals surface area (Å²) in [5.41, 5.74) is 7.55. The molecule has 0 saturated carbocycles. The van der Waals surface area contributed by atoms with E-state index in [1.54, 1.807) is 24.3 Å². The molecule has 140 valence electrons. The Bertz CT molecular complexity index is 808. The van der Waals surface area contributed by atoms with E-state index in [0.717, 1.165) is 30.0 Å². The zero-order valence-electron chi connectivity index (χ0n) is 14.2. The van der Waals surface area contributed by atoms with Gasteiger partial charge in [-0.15, -0.1) is 23.7 Å². The van der Waals surface area contributed by atoms with Gasteiger partial charge in [0.15, 0.2) is 0 Å². The first-order chi connectivity index (χ1) is 12.0. The lowest BCUT2D eigenvalue weighted by atomic mass is 10.0. The van der Waals surface area contributed by atoms with E-state index in [0.29, 0.717) is 27.8 Å². The highest BCUT2D eigenvalue weighted by Gasteiger charge is 2.27. The monoisotopic (exact) mass is 414 g/mol. The Labute approximate surface area is 167 Å². The number of hydrogen-bond acceptors (Lipinski definition) is 4. The van der Waals surface area contributed by atoms with E-state index in [-0.39, 0.29) is 12.4 Å². The summed E-state index contributed by atoms with van der Waals surface area (Å²) in [4.78, 5) is 27.6. The van der Waals surface area contributed by atoms with Crippen molar-refractivity contribution in [1.29, 1.82) is 0 Å². The molecule has 0 bridgehead atoms. The highest BCUT2D eigenvalue weighted by Crippen LogP contribution is 2.36. The van der Waals surface area contributed by atoms with E-state index in [1.807, 2.05) is 0 Å². The Balaban J connectivity index is 0.00000243. The number of rotatable bonds is 4. The van der Waals surface area contributed by atoms with Gasteiger partial charge in [-0.3, -0.25) is 15.0 Å². The Kier molecular flexibility index (Phi) is 6.88. The van der Waals surface area contributed by atoms with Gasteiger partial charge in [0.05, 0.1) is 5.56 Å². The van der Waals surface area contributed by atoms with Gasteiger partial charge in [-0.2, -0.15) is 0 Å². The van der Waals surface area contributed by atoms with Gasteiger partial charge in [-0.25, -0.2) is 4.79 Å². The van der Waals surface area contributed by atoms with Crippen LogP contribution in [0.5, 0.6) is 0 Å². The topological polar surface area (TPSA) is 87.5 Å². The quantitative estimate of drug-likeness (QED) is 0.707. The van der Waals surface area contributed by atoms with Crippen molar-refractivity contribution in [2.24, 2.45) is 5.73 Å². The summed E-state index contributed by atoms with van der Waals surface area (Å²) >= 11 is 7.26. The summed E-state index contributed by atoms with van der Waals surface area (Å²) < 4.78 is 0. The molecule has 4 N–H and O–H groups in total. The van der Waals surface area contributed by atoms with Crippen LogP contribution in [0, 0.1) is 0 Å². The van der Waals surface area contributed by atoms with Crippen LogP contribution in [-0.4, -0.2) is 29.9 Å². The third kappa shape index (κ3) is 4.48. The first kappa shape index (κ1) is 20.5. The van der Waals surface area contributed by atoms with E-state index in [2.05, 4.69) is 22.5 Å². The van der Waals surface area contributed by atoms with Gasteiger partial charge in [-0.05, 0) is 42.8 Å². The number of primary amides is 1. The first-order valence-corrected chi connectivity index (χ1v) is 9.17. The van der Waals surface area contributed by atoms with Crippen molar-refractivity contribution in [1.82, 2.24) is 4.90 Å². The Hall–Kier alpha value is -1.80. The van der Waals surface area contributed by atoms with Gasteiger partial charge >= 0.3 is 6.03 Å². The molecule has 0 aliphatic carbocycles. The molecule has 6 nitrogen and oxygen atoms in total. The number of nitrogens with one attached hydrogen (secondary N) is 2. The summed E-state index contributed by atoms with van der Waals surface area (Å²) in [5, 5.41) is 6.57. The number of fused-ring (bicyclic) bond motifs is 1. The molecule has 9 heteroatoms. The number of hydrogen-bond donors (Lipinski definition) is 3. The Morgan fingerprint density at radius 1 is 1.27 bits per heavy atom. The molecule has 0 saturated heterocycles. The molecular weight excluding hydrogens is 395 g/mol. The number of amides is 3. The summed E-state index contributed by atoms with van der Waals surface area (Å²) in [6.07, 6.45) is 0.856. The zero-order valence-corrected chi connectivity index (χ0v) is 16.6. The average molecular weight is 415 g/mol. The minimum absolute atomic E-state index is 0. The SMILES string of the molecule is CCN1CCc2sc(NC(=O)Nc3ccc(Cl)cc3)c(C(N)=O)c2C1.Cl. The second-order valence-corrected chi connectivity index (χ2v) is 7.32. The number of carbonyl (C=O) groups excluding carboxylic acids is 2. The maximum absolute atomic E-state index is 12.3. The number of thiophene rings is 1. The van der Waals surface area contributed by atoms with Crippen LogP contribution in [0.1, 0.15) is 27.7 Å². The molecule has 1 aromatic heterocycles.